The van der Waals surface area contributed by atoms with Gasteiger partial charge >= 0.3 is 5.69 Å². The fourth-order valence-corrected chi connectivity index (χ4v) is 3.70. The molecule has 0 aromatic carbocycles. The van der Waals surface area contributed by atoms with Crippen LogP contribution in [0.1, 0.15) is 42.7 Å². The van der Waals surface area contributed by atoms with Crippen LogP contribution in [-0.4, -0.2) is 30.4 Å². The zero-order valence-corrected chi connectivity index (χ0v) is 16.2. The van der Waals surface area contributed by atoms with Crippen LogP contribution in [0, 0.1) is 0 Å². The number of carbonyl (C=O) groups is 1. The molecule has 3 heterocycles. The van der Waals surface area contributed by atoms with Gasteiger partial charge in [0.25, 0.3) is 5.91 Å². The Kier molecular flexibility index (Phi) is 4.39. The van der Waals surface area contributed by atoms with E-state index < -0.39 is 5.91 Å². The van der Waals surface area contributed by atoms with Crippen LogP contribution in [0.4, 0.5) is 0 Å². The van der Waals surface area contributed by atoms with E-state index in [-0.39, 0.29) is 28.8 Å². The number of primary amides is 1. The Morgan fingerprint density at radius 2 is 2.15 bits per heavy atom. The number of amides is 1. The van der Waals surface area contributed by atoms with Crippen LogP contribution >= 0.6 is 15.9 Å². The molecule has 1 aliphatic carbocycles. The smallest absolute Gasteiger partial charge is 0.328 e. The number of carbonyl (C=O) groups excluding carboxylic acids is 1. The zero-order chi connectivity index (χ0) is 19.1. The van der Waals surface area contributed by atoms with E-state index in [1.807, 2.05) is 0 Å². The summed E-state index contributed by atoms with van der Waals surface area (Å²) in [6.07, 6.45) is 4.61. The number of hydrogen-bond acceptors (Lipinski definition) is 5. The van der Waals surface area contributed by atoms with Crippen molar-refractivity contribution in [2.75, 3.05) is 0 Å². The third kappa shape index (κ3) is 3.18. The van der Waals surface area contributed by atoms with E-state index in [2.05, 4.69) is 48.9 Å². The standard InChI is InChI=1S/C18H17BrN6O2/c1-9-5-7-10(8-6-9)25-17-14(23-18(25)27)13(15(20)26)22-16(24-17)11-3-2-4-12(19)21-11/h2-5,10H,6-8H2,1H3,(H2,20,26)(H,23,27). The Morgan fingerprint density at radius 3 is 2.81 bits per heavy atom. The van der Waals surface area contributed by atoms with Gasteiger partial charge in [-0.25, -0.2) is 19.7 Å². The summed E-state index contributed by atoms with van der Waals surface area (Å²) in [7, 11) is 0. The molecular weight excluding hydrogens is 412 g/mol. The fourth-order valence-electron chi connectivity index (χ4n) is 3.35. The first-order valence-electron chi connectivity index (χ1n) is 8.54. The number of H-pyrrole nitrogens is 1. The number of nitrogens with one attached hydrogen (secondary N) is 1. The molecule has 0 aliphatic heterocycles. The lowest BCUT2D eigenvalue weighted by Crippen LogP contribution is -2.23. The summed E-state index contributed by atoms with van der Waals surface area (Å²) in [6.45, 7) is 2.08. The van der Waals surface area contributed by atoms with Gasteiger partial charge < -0.3 is 10.7 Å². The lowest BCUT2D eigenvalue weighted by Gasteiger charge is -2.21. The lowest BCUT2D eigenvalue weighted by molar-refractivity contribution is 0.0997. The summed E-state index contributed by atoms with van der Waals surface area (Å²) < 4.78 is 2.22. The van der Waals surface area contributed by atoms with Crippen LogP contribution in [0.3, 0.4) is 0 Å². The molecule has 0 fully saturated rings. The van der Waals surface area contributed by atoms with Crippen molar-refractivity contribution in [2.45, 2.75) is 32.2 Å². The molecule has 3 aromatic heterocycles. The molecule has 0 radical (unpaired) electrons. The topological polar surface area (TPSA) is 120 Å². The van der Waals surface area contributed by atoms with Gasteiger partial charge in [-0.05, 0) is 54.2 Å². The fraction of sp³-hybridized carbons (Fsp3) is 0.278. The molecule has 138 valence electrons. The quantitative estimate of drug-likeness (QED) is 0.490. The zero-order valence-electron chi connectivity index (χ0n) is 14.6. The molecule has 1 aliphatic rings. The lowest BCUT2D eigenvalue weighted by atomic mass is 9.96. The molecule has 4 rings (SSSR count). The average molecular weight is 429 g/mol. The Hall–Kier alpha value is -2.81. The molecule has 8 nitrogen and oxygen atoms in total. The van der Waals surface area contributed by atoms with Gasteiger partial charge in [-0.1, -0.05) is 17.7 Å². The molecule has 3 aromatic rings. The second kappa shape index (κ2) is 6.73. The second-order valence-electron chi connectivity index (χ2n) is 6.58. The van der Waals surface area contributed by atoms with E-state index in [0.29, 0.717) is 15.9 Å². The molecule has 1 amide bonds. The Morgan fingerprint density at radius 1 is 1.33 bits per heavy atom. The number of halogens is 1. The van der Waals surface area contributed by atoms with Crippen LogP contribution in [0.15, 0.2) is 39.2 Å². The first-order valence-corrected chi connectivity index (χ1v) is 9.34. The van der Waals surface area contributed by atoms with Crippen molar-refractivity contribution in [3.63, 3.8) is 0 Å². The number of nitrogens with zero attached hydrogens (tertiary/aromatic N) is 4. The summed E-state index contributed by atoms with van der Waals surface area (Å²) >= 11 is 3.32. The maximum Gasteiger partial charge on any atom is 0.328 e. The minimum Gasteiger partial charge on any atom is -0.364 e. The molecule has 9 heteroatoms. The van der Waals surface area contributed by atoms with Gasteiger partial charge in [-0.3, -0.25) is 9.36 Å². The molecule has 3 N–H and O–H groups in total. The number of aromatic amines is 1. The Balaban J connectivity index is 1.96. The number of aromatic nitrogens is 5. The van der Waals surface area contributed by atoms with Gasteiger partial charge in [0.05, 0.1) is 0 Å². The molecular formula is C18H17BrN6O2. The van der Waals surface area contributed by atoms with Gasteiger partial charge in [0.1, 0.15) is 15.8 Å². The number of hydrogen-bond donors (Lipinski definition) is 2. The predicted molar refractivity (Wildman–Crippen MR) is 104 cm³/mol. The van der Waals surface area contributed by atoms with E-state index in [4.69, 9.17) is 5.73 Å². The van der Waals surface area contributed by atoms with E-state index in [1.165, 1.54) is 5.57 Å². The number of fused-ring (bicyclic) bond motifs is 1. The SMILES string of the molecule is CC1=CCC(n2c(=O)[nH]c3c(C(N)=O)nc(-c4cccc(Br)n4)nc32)CC1. The highest BCUT2D eigenvalue weighted by Gasteiger charge is 2.24. The van der Waals surface area contributed by atoms with Crippen molar-refractivity contribution in [1.82, 2.24) is 24.5 Å². The third-order valence-electron chi connectivity index (χ3n) is 4.72. The van der Waals surface area contributed by atoms with E-state index in [0.717, 1.165) is 19.3 Å². The van der Waals surface area contributed by atoms with E-state index in [1.54, 1.807) is 22.8 Å². The van der Waals surface area contributed by atoms with Gasteiger partial charge in [0, 0.05) is 6.04 Å². The van der Waals surface area contributed by atoms with Crippen LogP contribution < -0.4 is 11.4 Å². The predicted octanol–water partition coefficient (Wildman–Crippen LogP) is 2.71. The van der Waals surface area contributed by atoms with E-state index in [9.17, 15) is 9.59 Å². The first-order chi connectivity index (χ1) is 12.9. The van der Waals surface area contributed by atoms with Gasteiger partial charge in [0.15, 0.2) is 17.2 Å². The summed E-state index contributed by atoms with van der Waals surface area (Å²) in [5.74, 6) is -0.487. The molecule has 0 bridgehead atoms. The van der Waals surface area contributed by atoms with Crippen molar-refractivity contribution >= 4 is 33.0 Å². The molecule has 0 saturated carbocycles. The molecule has 1 unspecified atom stereocenters. The maximum absolute atomic E-state index is 12.6. The monoisotopic (exact) mass is 428 g/mol. The highest BCUT2D eigenvalue weighted by molar-refractivity contribution is 9.10. The van der Waals surface area contributed by atoms with Crippen molar-refractivity contribution in [1.29, 1.82) is 0 Å². The Labute approximate surface area is 162 Å². The summed E-state index contributed by atoms with van der Waals surface area (Å²) in [5.41, 5.74) is 7.60. The number of allylic oxidation sites excluding steroid dienone is 2. The summed E-state index contributed by atoms with van der Waals surface area (Å²) in [4.78, 5) is 40.5. The molecule has 27 heavy (non-hydrogen) atoms. The first kappa shape index (κ1) is 17.6. The minimum atomic E-state index is -0.730. The van der Waals surface area contributed by atoms with Crippen LogP contribution in [-0.2, 0) is 0 Å². The molecule has 0 spiro atoms. The van der Waals surface area contributed by atoms with Gasteiger partial charge in [-0.15, -0.1) is 0 Å². The number of nitrogens with two attached hydrogens (primary N) is 1. The normalized spacial score (nSPS) is 17.1. The van der Waals surface area contributed by atoms with Gasteiger partial charge in [-0.2, -0.15) is 0 Å². The summed E-state index contributed by atoms with van der Waals surface area (Å²) in [6, 6.07) is 5.27. The molecule has 0 saturated heterocycles. The minimum absolute atomic E-state index is 0.0184. The highest BCUT2D eigenvalue weighted by Crippen LogP contribution is 2.29. The van der Waals surface area contributed by atoms with Crippen LogP contribution in [0.25, 0.3) is 22.7 Å². The summed E-state index contributed by atoms with van der Waals surface area (Å²) in [5, 5.41) is 0. The number of rotatable bonds is 3. The van der Waals surface area contributed by atoms with Crippen molar-refractivity contribution in [3.05, 3.63) is 50.6 Å². The third-order valence-corrected chi connectivity index (χ3v) is 5.16. The average Bonchev–Trinajstić information content (AvgIpc) is 2.97. The second-order valence-corrected chi connectivity index (χ2v) is 7.40. The van der Waals surface area contributed by atoms with Crippen molar-refractivity contribution in [2.24, 2.45) is 5.73 Å². The van der Waals surface area contributed by atoms with Crippen molar-refractivity contribution in [3.8, 4) is 11.5 Å². The Bertz CT molecular complexity index is 1150. The molecule has 1 atom stereocenters. The maximum atomic E-state index is 12.6. The van der Waals surface area contributed by atoms with Crippen LogP contribution in [0.5, 0.6) is 0 Å². The largest absolute Gasteiger partial charge is 0.364 e. The number of pyridine rings is 1. The number of imidazole rings is 1. The van der Waals surface area contributed by atoms with Crippen LogP contribution in [0.2, 0.25) is 0 Å². The van der Waals surface area contributed by atoms with Gasteiger partial charge in [0.2, 0.25) is 0 Å². The highest BCUT2D eigenvalue weighted by atomic mass is 79.9. The van der Waals surface area contributed by atoms with Crippen molar-refractivity contribution < 1.29 is 4.79 Å². The van der Waals surface area contributed by atoms with E-state index >= 15 is 0 Å².